The van der Waals surface area contributed by atoms with Crippen LogP contribution in [-0.4, -0.2) is 12.5 Å². The van der Waals surface area contributed by atoms with Crippen molar-refractivity contribution in [2.45, 2.75) is 6.61 Å². The van der Waals surface area contributed by atoms with Crippen molar-refractivity contribution in [2.24, 2.45) is 5.73 Å². The number of carbonyl (C=O) groups excluding carboxylic acids is 1. The molecule has 0 unspecified atom stereocenters. The molecule has 0 heterocycles. The van der Waals surface area contributed by atoms with Gasteiger partial charge in [0.15, 0.2) is 0 Å². The maximum Gasteiger partial charge on any atom is 0.249 e. The van der Waals surface area contributed by atoms with Crippen molar-refractivity contribution in [3.63, 3.8) is 0 Å². The zero-order valence-electron chi connectivity index (χ0n) is 8.14. The van der Waals surface area contributed by atoms with Gasteiger partial charge in [-0.25, -0.2) is 0 Å². The van der Waals surface area contributed by atoms with Crippen LogP contribution in [0.3, 0.4) is 0 Å². The predicted molar refractivity (Wildman–Crippen MR) is 54.5 cm³/mol. The number of nitrogens with two attached hydrogens (primary N) is 1. The summed E-state index contributed by atoms with van der Waals surface area (Å²) in [6.07, 6.45) is 1.34. The Kier molecular flexibility index (Phi) is 4.32. The Morgan fingerprint density at radius 3 is 2.93 bits per heavy atom. The lowest BCUT2D eigenvalue weighted by Crippen LogP contribution is -2.14. The zero-order valence-corrected chi connectivity index (χ0v) is 8.14. The van der Waals surface area contributed by atoms with E-state index in [9.17, 15) is 4.79 Å². The molecular weight excluding hydrogens is 192 g/mol. The first kappa shape index (κ1) is 11.2. The van der Waals surface area contributed by atoms with E-state index in [1.807, 2.05) is 6.07 Å². The lowest BCUT2D eigenvalue weighted by atomic mass is 10.1. The number of benzene rings is 1. The molecule has 4 nitrogen and oxygen atoms in total. The minimum atomic E-state index is -0.474. The maximum absolute atomic E-state index is 11.0. The molecule has 2 N–H and O–H groups in total. The van der Waals surface area contributed by atoms with E-state index in [4.69, 9.17) is 15.7 Å². The number of nitriles is 1. The molecule has 0 saturated carbocycles. The smallest absolute Gasteiger partial charge is 0.249 e. The molecule has 0 aliphatic heterocycles. The van der Waals surface area contributed by atoms with E-state index in [1.165, 1.54) is 6.42 Å². The van der Waals surface area contributed by atoms with Gasteiger partial charge in [-0.05, 0) is 11.6 Å². The van der Waals surface area contributed by atoms with E-state index < -0.39 is 5.91 Å². The van der Waals surface area contributed by atoms with Crippen LogP contribution in [0.25, 0.3) is 0 Å². The van der Waals surface area contributed by atoms with Crippen LogP contribution in [-0.2, 0) is 11.3 Å². The SMILES string of the molecule is N#C[CH]COCc1ccccc1C(N)=O. The molecule has 0 aliphatic carbocycles. The number of nitrogens with zero attached hydrogens (tertiary/aromatic N) is 1. The molecule has 0 atom stereocenters. The Labute approximate surface area is 88.3 Å². The quantitative estimate of drug-likeness (QED) is 0.726. The van der Waals surface area contributed by atoms with Crippen LogP contribution in [0.1, 0.15) is 15.9 Å². The third-order valence-electron chi connectivity index (χ3n) is 1.83. The van der Waals surface area contributed by atoms with Crippen LogP contribution in [0.15, 0.2) is 24.3 Å². The third-order valence-corrected chi connectivity index (χ3v) is 1.83. The number of amides is 1. The Morgan fingerprint density at radius 1 is 1.53 bits per heavy atom. The number of ether oxygens (including phenoxy) is 1. The van der Waals surface area contributed by atoms with Crippen molar-refractivity contribution in [3.8, 4) is 6.07 Å². The molecule has 1 aromatic rings. The fraction of sp³-hybridized carbons (Fsp3) is 0.182. The first-order valence-electron chi connectivity index (χ1n) is 4.42. The number of carbonyl (C=O) groups is 1. The van der Waals surface area contributed by atoms with Gasteiger partial charge in [-0.3, -0.25) is 4.79 Å². The van der Waals surface area contributed by atoms with Gasteiger partial charge in [-0.15, -0.1) is 0 Å². The summed E-state index contributed by atoms with van der Waals surface area (Å²) >= 11 is 0. The highest BCUT2D eigenvalue weighted by molar-refractivity contribution is 5.94. The molecular formula is C11H11N2O2. The average Bonchev–Trinajstić information content (AvgIpc) is 2.25. The normalized spacial score (nSPS) is 9.53. The Morgan fingerprint density at radius 2 is 2.27 bits per heavy atom. The van der Waals surface area contributed by atoms with Gasteiger partial charge >= 0.3 is 0 Å². The topological polar surface area (TPSA) is 76.1 Å². The van der Waals surface area contributed by atoms with Crippen molar-refractivity contribution < 1.29 is 9.53 Å². The summed E-state index contributed by atoms with van der Waals surface area (Å²) in [4.78, 5) is 11.0. The zero-order chi connectivity index (χ0) is 11.1. The molecule has 0 saturated heterocycles. The first-order valence-corrected chi connectivity index (χ1v) is 4.42. The lowest BCUT2D eigenvalue weighted by molar-refractivity contribution is 0.0991. The van der Waals surface area contributed by atoms with Crippen molar-refractivity contribution in [3.05, 3.63) is 41.8 Å². The molecule has 0 bridgehead atoms. The van der Waals surface area contributed by atoms with E-state index >= 15 is 0 Å². The van der Waals surface area contributed by atoms with Gasteiger partial charge in [0.1, 0.15) is 0 Å². The Bertz CT molecular complexity index is 382. The molecule has 77 valence electrons. The molecule has 1 aromatic carbocycles. The standard InChI is InChI=1S/C11H11N2O2/c12-6-3-7-15-8-9-4-1-2-5-10(9)11(13)14/h1-5H,7-8H2,(H2,13,14). The van der Waals surface area contributed by atoms with Crippen molar-refractivity contribution in [1.82, 2.24) is 0 Å². The monoisotopic (exact) mass is 203 g/mol. The van der Waals surface area contributed by atoms with Gasteiger partial charge in [0, 0.05) is 5.56 Å². The van der Waals surface area contributed by atoms with Gasteiger partial charge in [0.25, 0.3) is 0 Å². The van der Waals surface area contributed by atoms with E-state index in [-0.39, 0.29) is 13.2 Å². The molecule has 15 heavy (non-hydrogen) atoms. The van der Waals surface area contributed by atoms with E-state index in [0.717, 1.165) is 5.56 Å². The van der Waals surface area contributed by atoms with Gasteiger partial charge in [0.2, 0.25) is 5.91 Å². The molecule has 1 rings (SSSR count). The fourth-order valence-corrected chi connectivity index (χ4v) is 1.15. The third kappa shape index (κ3) is 3.41. The van der Waals surface area contributed by atoms with Crippen LogP contribution in [0.4, 0.5) is 0 Å². The summed E-state index contributed by atoms with van der Waals surface area (Å²) in [5.74, 6) is -0.474. The number of hydrogen-bond donors (Lipinski definition) is 1. The van der Waals surface area contributed by atoms with Crippen LogP contribution >= 0.6 is 0 Å². The Balaban J connectivity index is 2.60. The van der Waals surface area contributed by atoms with Crippen LogP contribution in [0.5, 0.6) is 0 Å². The number of rotatable bonds is 5. The van der Waals surface area contributed by atoms with Crippen molar-refractivity contribution in [1.29, 1.82) is 5.26 Å². The van der Waals surface area contributed by atoms with Crippen molar-refractivity contribution >= 4 is 5.91 Å². The van der Waals surface area contributed by atoms with Gasteiger partial charge < -0.3 is 10.5 Å². The second-order valence-corrected chi connectivity index (χ2v) is 2.87. The van der Waals surface area contributed by atoms with Crippen molar-refractivity contribution in [2.75, 3.05) is 6.61 Å². The molecule has 4 heteroatoms. The molecule has 0 spiro atoms. The summed E-state index contributed by atoms with van der Waals surface area (Å²) in [7, 11) is 0. The van der Waals surface area contributed by atoms with E-state index in [0.29, 0.717) is 5.56 Å². The number of hydrogen-bond acceptors (Lipinski definition) is 3. The average molecular weight is 203 g/mol. The van der Waals surface area contributed by atoms with Crippen LogP contribution in [0, 0.1) is 17.8 Å². The predicted octanol–water partition coefficient (Wildman–Crippen LogP) is 1.03. The molecule has 0 aromatic heterocycles. The van der Waals surface area contributed by atoms with Crippen LogP contribution < -0.4 is 5.73 Å². The van der Waals surface area contributed by atoms with Gasteiger partial charge in [-0.2, -0.15) is 5.26 Å². The van der Waals surface area contributed by atoms with E-state index in [2.05, 4.69) is 0 Å². The largest absolute Gasteiger partial charge is 0.375 e. The molecule has 0 aliphatic rings. The fourth-order valence-electron chi connectivity index (χ4n) is 1.15. The molecule has 0 fully saturated rings. The number of primary amides is 1. The molecule has 1 amide bonds. The second kappa shape index (κ2) is 5.78. The first-order chi connectivity index (χ1) is 7.25. The minimum absolute atomic E-state index is 0.240. The summed E-state index contributed by atoms with van der Waals surface area (Å²) in [6.45, 7) is 0.515. The van der Waals surface area contributed by atoms with Crippen LogP contribution in [0.2, 0.25) is 0 Å². The summed E-state index contributed by atoms with van der Waals surface area (Å²) in [5, 5.41) is 8.25. The van der Waals surface area contributed by atoms with E-state index in [1.54, 1.807) is 24.3 Å². The summed E-state index contributed by atoms with van der Waals surface area (Å²) in [6, 6.07) is 8.81. The minimum Gasteiger partial charge on any atom is -0.375 e. The summed E-state index contributed by atoms with van der Waals surface area (Å²) in [5.41, 5.74) is 6.38. The highest BCUT2D eigenvalue weighted by Gasteiger charge is 2.06. The highest BCUT2D eigenvalue weighted by atomic mass is 16.5. The van der Waals surface area contributed by atoms with Gasteiger partial charge in [0.05, 0.1) is 25.7 Å². The lowest BCUT2D eigenvalue weighted by Gasteiger charge is -2.05. The summed E-state index contributed by atoms with van der Waals surface area (Å²) < 4.78 is 5.17. The molecule has 1 radical (unpaired) electrons. The Hall–Kier alpha value is -1.86. The maximum atomic E-state index is 11.0. The highest BCUT2D eigenvalue weighted by Crippen LogP contribution is 2.09. The van der Waals surface area contributed by atoms with Gasteiger partial charge in [-0.1, -0.05) is 18.2 Å². The second-order valence-electron chi connectivity index (χ2n) is 2.87.